The summed E-state index contributed by atoms with van der Waals surface area (Å²) in [5.41, 5.74) is 6.65. The maximum atomic E-state index is 12.2. The number of amides is 2. The summed E-state index contributed by atoms with van der Waals surface area (Å²) in [4.78, 5) is 37.9. The van der Waals surface area contributed by atoms with Crippen LogP contribution in [0.15, 0.2) is 36.4 Å². The number of hydrogen-bond acceptors (Lipinski definition) is 4. The lowest BCUT2D eigenvalue weighted by atomic mass is 10.0. The van der Waals surface area contributed by atoms with Gasteiger partial charge < -0.3 is 11.1 Å². The Morgan fingerprint density at radius 2 is 1.79 bits per heavy atom. The van der Waals surface area contributed by atoms with Crippen molar-refractivity contribution in [1.29, 1.82) is 0 Å². The van der Waals surface area contributed by atoms with Crippen molar-refractivity contribution >= 4 is 28.9 Å². The van der Waals surface area contributed by atoms with Gasteiger partial charge in [0, 0.05) is 28.2 Å². The molecule has 0 radical (unpaired) electrons. The molecule has 1 aromatic carbocycles. The van der Waals surface area contributed by atoms with Crippen LogP contribution >= 0.6 is 11.3 Å². The largest absolute Gasteiger partial charge is 0.368 e. The van der Waals surface area contributed by atoms with E-state index < -0.39 is 11.9 Å². The number of nitrogens with one attached hydrogen (secondary N) is 1. The molecule has 0 saturated carbocycles. The summed E-state index contributed by atoms with van der Waals surface area (Å²) in [6.45, 7) is 3.84. The molecular formula is C18H20N2O3S. The number of carbonyl (C=O) groups is 3. The van der Waals surface area contributed by atoms with Crippen LogP contribution < -0.4 is 11.1 Å². The van der Waals surface area contributed by atoms with Crippen LogP contribution in [0.5, 0.6) is 0 Å². The maximum Gasteiger partial charge on any atom is 0.244 e. The minimum atomic E-state index is -0.890. The highest BCUT2D eigenvalue weighted by Crippen LogP contribution is 2.22. The Kier molecular flexibility index (Phi) is 5.87. The van der Waals surface area contributed by atoms with Gasteiger partial charge in [-0.1, -0.05) is 30.3 Å². The van der Waals surface area contributed by atoms with Gasteiger partial charge in [-0.15, -0.1) is 11.3 Å². The summed E-state index contributed by atoms with van der Waals surface area (Å²) in [5.74, 6) is -1.08. The molecule has 3 N–H and O–H groups in total. The van der Waals surface area contributed by atoms with Gasteiger partial charge in [-0.3, -0.25) is 14.4 Å². The Labute approximate surface area is 144 Å². The van der Waals surface area contributed by atoms with E-state index in [0.29, 0.717) is 11.1 Å². The number of benzene rings is 1. The second-order valence-corrected chi connectivity index (χ2v) is 7.02. The van der Waals surface area contributed by atoms with Gasteiger partial charge in [0.1, 0.15) is 6.04 Å². The summed E-state index contributed by atoms with van der Waals surface area (Å²) in [7, 11) is 0. The van der Waals surface area contributed by atoms with Crippen molar-refractivity contribution in [3.63, 3.8) is 0 Å². The molecule has 1 aromatic heterocycles. The molecule has 0 aliphatic heterocycles. The fourth-order valence-electron chi connectivity index (χ4n) is 2.47. The number of hydrogen-bond donors (Lipinski definition) is 2. The second kappa shape index (κ2) is 7.88. The van der Waals surface area contributed by atoms with Crippen molar-refractivity contribution in [3.05, 3.63) is 57.3 Å². The molecule has 0 saturated heterocycles. The highest BCUT2D eigenvalue weighted by molar-refractivity contribution is 7.12. The van der Waals surface area contributed by atoms with Gasteiger partial charge >= 0.3 is 0 Å². The van der Waals surface area contributed by atoms with Crippen molar-refractivity contribution in [2.24, 2.45) is 5.73 Å². The molecule has 1 heterocycles. The predicted molar refractivity (Wildman–Crippen MR) is 93.9 cm³/mol. The molecule has 2 amide bonds. The van der Waals surface area contributed by atoms with Crippen molar-refractivity contribution in [2.75, 3.05) is 0 Å². The zero-order valence-electron chi connectivity index (χ0n) is 13.7. The van der Waals surface area contributed by atoms with E-state index in [4.69, 9.17) is 5.73 Å². The summed E-state index contributed by atoms with van der Waals surface area (Å²) >= 11 is 1.56. The fourth-order valence-corrected chi connectivity index (χ4v) is 3.41. The van der Waals surface area contributed by atoms with Crippen LogP contribution in [-0.2, 0) is 9.59 Å². The SMILES string of the molecule is Cc1cc(C(=O)CCC(=O)N[C@H](C(N)=O)c2ccccc2)c(C)s1. The third-order valence-electron chi connectivity index (χ3n) is 3.64. The molecule has 6 heteroatoms. The third kappa shape index (κ3) is 4.52. The average Bonchev–Trinajstić information content (AvgIpc) is 2.89. The Hall–Kier alpha value is -2.47. The highest BCUT2D eigenvalue weighted by Gasteiger charge is 2.21. The Balaban J connectivity index is 1.95. The molecule has 0 fully saturated rings. The van der Waals surface area contributed by atoms with Gasteiger partial charge in [0.15, 0.2) is 5.78 Å². The van der Waals surface area contributed by atoms with Crippen molar-refractivity contribution in [3.8, 4) is 0 Å². The molecule has 2 rings (SSSR count). The second-order valence-electron chi connectivity index (χ2n) is 5.56. The smallest absolute Gasteiger partial charge is 0.244 e. The monoisotopic (exact) mass is 344 g/mol. The Bertz CT molecular complexity index is 753. The van der Waals surface area contributed by atoms with Gasteiger partial charge in [-0.05, 0) is 25.5 Å². The van der Waals surface area contributed by atoms with Crippen molar-refractivity contribution < 1.29 is 14.4 Å². The topological polar surface area (TPSA) is 89.3 Å². The van der Waals surface area contributed by atoms with Crippen LogP contribution in [0.2, 0.25) is 0 Å². The summed E-state index contributed by atoms with van der Waals surface area (Å²) in [6, 6.07) is 9.74. The first-order valence-electron chi connectivity index (χ1n) is 7.62. The molecule has 0 unspecified atom stereocenters. The molecule has 2 aromatic rings. The van der Waals surface area contributed by atoms with Gasteiger partial charge in [-0.2, -0.15) is 0 Å². The molecule has 0 bridgehead atoms. The number of ketones is 1. The molecule has 0 aliphatic carbocycles. The van der Waals surface area contributed by atoms with E-state index in [0.717, 1.165) is 9.75 Å². The molecule has 24 heavy (non-hydrogen) atoms. The van der Waals surface area contributed by atoms with Crippen LogP contribution in [0.4, 0.5) is 0 Å². The number of primary amides is 1. The molecule has 0 spiro atoms. The number of nitrogens with two attached hydrogens (primary N) is 1. The first-order valence-corrected chi connectivity index (χ1v) is 8.44. The van der Waals surface area contributed by atoms with Gasteiger partial charge in [0.2, 0.25) is 11.8 Å². The van der Waals surface area contributed by atoms with E-state index in [2.05, 4.69) is 5.32 Å². The third-order valence-corrected chi connectivity index (χ3v) is 4.61. The number of Topliss-reactive ketones (excluding diaryl/α,β-unsaturated/α-hetero) is 1. The van der Waals surface area contributed by atoms with Crippen LogP contribution in [0, 0.1) is 13.8 Å². The van der Waals surface area contributed by atoms with E-state index in [-0.39, 0.29) is 24.5 Å². The number of aryl methyl sites for hydroxylation is 2. The van der Waals surface area contributed by atoms with E-state index in [1.165, 1.54) is 0 Å². The number of carbonyl (C=O) groups excluding carboxylic acids is 3. The number of thiophene rings is 1. The van der Waals surface area contributed by atoms with Crippen molar-refractivity contribution in [1.82, 2.24) is 5.32 Å². The van der Waals surface area contributed by atoms with Gasteiger partial charge in [0.25, 0.3) is 0 Å². The van der Waals surface area contributed by atoms with Crippen LogP contribution in [-0.4, -0.2) is 17.6 Å². The molecule has 5 nitrogen and oxygen atoms in total. The lowest BCUT2D eigenvalue weighted by Gasteiger charge is -2.15. The normalized spacial score (nSPS) is 11.8. The average molecular weight is 344 g/mol. The van der Waals surface area contributed by atoms with Gasteiger partial charge in [0.05, 0.1) is 0 Å². The van der Waals surface area contributed by atoms with Crippen LogP contribution in [0.1, 0.15) is 44.6 Å². The fraction of sp³-hybridized carbons (Fsp3) is 0.278. The van der Waals surface area contributed by atoms with E-state index in [1.54, 1.807) is 35.6 Å². The minimum absolute atomic E-state index is 0.0176. The minimum Gasteiger partial charge on any atom is -0.368 e. The molecule has 1 atom stereocenters. The molecular weight excluding hydrogens is 324 g/mol. The zero-order valence-corrected chi connectivity index (χ0v) is 14.5. The molecule has 0 aliphatic rings. The Morgan fingerprint density at radius 1 is 1.12 bits per heavy atom. The highest BCUT2D eigenvalue weighted by atomic mass is 32.1. The van der Waals surface area contributed by atoms with Crippen LogP contribution in [0.25, 0.3) is 0 Å². The lowest BCUT2D eigenvalue weighted by molar-refractivity contribution is -0.127. The summed E-state index contributed by atoms with van der Waals surface area (Å²) < 4.78 is 0. The molecule has 126 valence electrons. The van der Waals surface area contributed by atoms with Crippen LogP contribution in [0.3, 0.4) is 0 Å². The summed E-state index contributed by atoms with van der Waals surface area (Å²) in [5, 5.41) is 2.60. The standard InChI is InChI=1S/C18H20N2O3S/c1-11-10-14(12(2)24-11)15(21)8-9-16(22)20-17(18(19)23)13-6-4-3-5-7-13/h3-7,10,17H,8-9H2,1-2H3,(H2,19,23)(H,20,22)/t17-/m0/s1. The van der Waals surface area contributed by atoms with Crippen molar-refractivity contribution in [2.45, 2.75) is 32.7 Å². The van der Waals surface area contributed by atoms with Gasteiger partial charge in [-0.25, -0.2) is 0 Å². The lowest BCUT2D eigenvalue weighted by Crippen LogP contribution is -2.37. The van der Waals surface area contributed by atoms with E-state index in [1.807, 2.05) is 26.0 Å². The van der Waals surface area contributed by atoms with E-state index >= 15 is 0 Å². The quantitative estimate of drug-likeness (QED) is 0.757. The number of rotatable bonds is 7. The Morgan fingerprint density at radius 3 is 2.33 bits per heavy atom. The zero-order chi connectivity index (χ0) is 17.7. The first-order chi connectivity index (χ1) is 11.4. The predicted octanol–water partition coefficient (Wildman–Crippen LogP) is 2.67. The first kappa shape index (κ1) is 17.9. The maximum absolute atomic E-state index is 12.2. The van der Waals surface area contributed by atoms with E-state index in [9.17, 15) is 14.4 Å². The summed E-state index contributed by atoms with van der Waals surface area (Å²) in [6.07, 6.45) is 0.118.